The van der Waals surface area contributed by atoms with E-state index in [0.717, 1.165) is 25.3 Å². The van der Waals surface area contributed by atoms with Crippen molar-refractivity contribution in [1.29, 1.82) is 0 Å². The van der Waals surface area contributed by atoms with E-state index < -0.39 is 0 Å². The smallest absolute Gasteiger partial charge is 0.217 e. The molecule has 88 valence electrons. The Morgan fingerprint density at radius 3 is 2.62 bits per heavy atom. The molecule has 0 spiro atoms. The summed E-state index contributed by atoms with van der Waals surface area (Å²) < 4.78 is 5.07. The number of nitrogens with two attached hydrogens (primary N) is 1. The van der Waals surface area contributed by atoms with Crippen LogP contribution >= 0.6 is 0 Å². The second kappa shape index (κ2) is 6.85. The molecule has 0 aromatic heterocycles. The number of carbonyl (C=O) groups is 1. The van der Waals surface area contributed by atoms with E-state index in [0.29, 0.717) is 6.42 Å². The summed E-state index contributed by atoms with van der Waals surface area (Å²) in [6.07, 6.45) is 1.22. The molecule has 1 amide bonds. The van der Waals surface area contributed by atoms with Crippen LogP contribution in [0.15, 0.2) is 24.3 Å². The Labute approximate surface area is 95.8 Å². The fourth-order valence-corrected chi connectivity index (χ4v) is 1.36. The second-order valence-electron chi connectivity index (χ2n) is 3.59. The van der Waals surface area contributed by atoms with Crippen LogP contribution in [0.4, 0.5) is 0 Å². The summed E-state index contributed by atoms with van der Waals surface area (Å²) >= 11 is 0. The average Bonchev–Trinajstić information content (AvgIpc) is 2.29. The molecule has 0 aliphatic rings. The molecule has 3 N–H and O–H groups in total. The third-order valence-electron chi connectivity index (χ3n) is 2.26. The van der Waals surface area contributed by atoms with Crippen LogP contribution in [0.2, 0.25) is 0 Å². The maximum atomic E-state index is 10.5. The average molecular weight is 222 g/mol. The van der Waals surface area contributed by atoms with Crippen LogP contribution in [-0.4, -0.2) is 19.6 Å². The second-order valence-corrected chi connectivity index (χ2v) is 3.59. The zero-order chi connectivity index (χ0) is 11.8. The van der Waals surface area contributed by atoms with Gasteiger partial charge in [0.2, 0.25) is 5.91 Å². The van der Waals surface area contributed by atoms with E-state index in [1.54, 1.807) is 7.11 Å². The van der Waals surface area contributed by atoms with Crippen molar-refractivity contribution in [2.24, 2.45) is 5.73 Å². The number of amides is 1. The molecule has 1 aromatic rings. The first kappa shape index (κ1) is 12.5. The molecule has 0 saturated carbocycles. The van der Waals surface area contributed by atoms with Crippen molar-refractivity contribution in [2.45, 2.75) is 19.4 Å². The van der Waals surface area contributed by atoms with Gasteiger partial charge in [0.25, 0.3) is 0 Å². The van der Waals surface area contributed by atoms with Gasteiger partial charge in [0.15, 0.2) is 0 Å². The standard InChI is InChI=1S/C12H18N2O2/c1-16-11-6-4-10(5-7-11)9-14-8-2-3-12(13)15/h4-7,14H,2-3,8-9H2,1H3,(H2,13,15). The highest BCUT2D eigenvalue weighted by molar-refractivity contribution is 5.73. The van der Waals surface area contributed by atoms with Crippen LogP contribution in [0.5, 0.6) is 5.75 Å². The summed E-state index contributed by atoms with van der Waals surface area (Å²) in [5.41, 5.74) is 6.23. The Kier molecular flexibility index (Phi) is 5.36. The number of hydrogen-bond donors (Lipinski definition) is 2. The molecule has 16 heavy (non-hydrogen) atoms. The molecule has 0 atom stereocenters. The van der Waals surface area contributed by atoms with Gasteiger partial charge >= 0.3 is 0 Å². The van der Waals surface area contributed by atoms with Crippen molar-refractivity contribution in [2.75, 3.05) is 13.7 Å². The third-order valence-corrected chi connectivity index (χ3v) is 2.26. The molecule has 0 bridgehead atoms. The molecule has 0 fully saturated rings. The lowest BCUT2D eigenvalue weighted by atomic mass is 10.2. The maximum Gasteiger partial charge on any atom is 0.217 e. The van der Waals surface area contributed by atoms with Gasteiger partial charge in [0, 0.05) is 13.0 Å². The van der Waals surface area contributed by atoms with Gasteiger partial charge in [-0.1, -0.05) is 12.1 Å². The van der Waals surface area contributed by atoms with Crippen molar-refractivity contribution in [3.8, 4) is 5.75 Å². The molecule has 0 saturated heterocycles. The molecule has 1 aromatic carbocycles. The number of hydrogen-bond acceptors (Lipinski definition) is 3. The van der Waals surface area contributed by atoms with E-state index in [9.17, 15) is 4.79 Å². The van der Waals surface area contributed by atoms with Crippen LogP contribution in [0.3, 0.4) is 0 Å². The molecular weight excluding hydrogens is 204 g/mol. The Hall–Kier alpha value is -1.55. The van der Waals surface area contributed by atoms with Gasteiger partial charge in [-0.25, -0.2) is 0 Å². The third kappa shape index (κ3) is 4.79. The van der Waals surface area contributed by atoms with Gasteiger partial charge in [-0.15, -0.1) is 0 Å². The molecule has 1 rings (SSSR count). The van der Waals surface area contributed by atoms with Gasteiger partial charge in [-0.05, 0) is 30.7 Å². The van der Waals surface area contributed by atoms with Gasteiger partial charge in [-0.2, -0.15) is 0 Å². The Morgan fingerprint density at radius 1 is 1.38 bits per heavy atom. The fourth-order valence-electron chi connectivity index (χ4n) is 1.36. The topological polar surface area (TPSA) is 64.3 Å². The minimum atomic E-state index is -0.244. The lowest BCUT2D eigenvalue weighted by Crippen LogP contribution is -2.18. The lowest BCUT2D eigenvalue weighted by molar-refractivity contribution is -0.118. The largest absolute Gasteiger partial charge is 0.497 e. The Morgan fingerprint density at radius 2 is 2.06 bits per heavy atom. The van der Waals surface area contributed by atoms with Crippen molar-refractivity contribution >= 4 is 5.91 Å². The van der Waals surface area contributed by atoms with Crippen LogP contribution in [0.25, 0.3) is 0 Å². The predicted molar refractivity (Wildman–Crippen MR) is 63.1 cm³/mol. The zero-order valence-corrected chi connectivity index (χ0v) is 9.53. The molecule has 0 unspecified atom stereocenters. The first-order valence-corrected chi connectivity index (χ1v) is 5.34. The SMILES string of the molecule is COc1ccc(CNCCCC(N)=O)cc1. The van der Waals surface area contributed by atoms with Crippen molar-refractivity contribution in [3.63, 3.8) is 0 Å². The minimum Gasteiger partial charge on any atom is -0.497 e. The van der Waals surface area contributed by atoms with E-state index in [1.165, 1.54) is 5.56 Å². The monoisotopic (exact) mass is 222 g/mol. The van der Waals surface area contributed by atoms with E-state index in [-0.39, 0.29) is 5.91 Å². The molecule has 0 heterocycles. The van der Waals surface area contributed by atoms with Crippen molar-refractivity contribution in [1.82, 2.24) is 5.32 Å². The van der Waals surface area contributed by atoms with Crippen molar-refractivity contribution < 1.29 is 9.53 Å². The Bertz CT molecular complexity index is 322. The summed E-state index contributed by atoms with van der Waals surface area (Å²) in [5.74, 6) is 0.615. The predicted octanol–water partition coefficient (Wildman–Crippen LogP) is 1.05. The number of primary amides is 1. The summed E-state index contributed by atoms with van der Waals surface area (Å²) in [6, 6.07) is 7.89. The summed E-state index contributed by atoms with van der Waals surface area (Å²) in [7, 11) is 1.65. The van der Waals surface area contributed by atoms with E-state index in [1.807, 2.05) is 24.3 Å². The van der Waals surface area contributed by atoms with Gasteiger partial charge in [0.1, 0.15) is 5.75 Å². The first-order chi connectivity index (χ1) is 7.72. The van der Waals surface area contributed by atoms with Gasteiger partial charge in [-0.3, -0.25) is 4.79 Å². The number of methoxy groups -OCH3 is 1. The van der Waals surface area contributed by atoms with Gasteiger partial charge in [0.05, 0.1) is 7.11 Å². The highest BCUT2D eigenvalue weighted by Crippen LogP contribution is 2.10. The molecule has 4 heteroatoms. The van der Waals surface area contributed by atoms with E-state index >= 15 is 0 Å². The highest BCUT2D eigenvalue weighted by Gasteiger charge is 1.96. The number of benzene rings is 1. The molecule has 0 radical (unpaired) electrons. The van der Waals surface area contributed by atoms with E-state index in [4.69, 9.17) is 10.5 Å². The summed E-state index contributed by atoms with van der Waals surface area (Å²) in [6.45, 7) is 1.59. The number of nitrogens with one attached hydrogen (secondary N) is 1. The number of ether oxygens (including phenoxy) is 1. The van der Waals surface area contributed by atoms with Crippen LogP contribution in [0, 0.1) is 0 Å². The Balaban J connectivity index is 2.19. The minimum absolute atomic E-state index is 0.244. The van der Waals surface area contributed by atoms with Gasteiger partial charge < -0.3 is 15.8 Å². The first-order valence-electron chi connectivity index (χ1n) is 5.34. The normalized spacial score (nSPS) is 10.1. The fraction of sp³-hybridized carbons (Fsp3) is 0.417. The summed E-state index contributed by atoms with van der Waals surface area (Å²) in [4.78, 5) is 10.5. The zero-order valence-electron chi connectivity index (χ0n) is 9.53. The lowest BCUT2D eigenvalue weighted by Gasteiger charge is -2.05. The molecular formula is C12H18N2O2. The van der Waals surface area contributed by atoms with Crippen LogP contribution < -0.4 is 15.8 Å². The highest BCUT2D eigenvalue weighted by atomic mass is 16.5. The number of rotatable bonds is 7. The van der Waals surface area contributed by atoms with Crippen molar-refractivity contribution in [3.05, 3.63) is 29.8 Å². The van der Waals surface area contributed by atoms with Crippen LogP contribution in [-0.2, 0) is 11.3 Å². The van der Waals surface area contributed by atoms with Crippen LogP contribution in [0.1, 0.15) is 18.4 Å². The molecule has 0 aliphatic heterocycles. The molecule has 0 aliphatic carbocycles. The summed E-state index contributed by atoms with van der Waals surface area (Å²) in [5, 5.41) is 3.25. The number of carbonyl (C=O) groups excluding carboxylic acids is 1. The molecule has 4 nitrogen and oxygen atoms in total. The van der Waals surface area contributed by atoms with E-state index in [2.05, 4.69) is 5.32 Å². The quantitative estimate of drug-likeness (QED) is 0.678. The maximum absolute atomic E-state index is 10.5.